The van der Waals surface area contributed by atoms with Crippen LogP contribution in [0.25, 0.3) is 0 Å². The average molecular weight is 342 g/mol. The molecule has 0 spiro atoms. The summed E-state index contributed by atoms with van der Waals surface area (Å²) < 4.78 is 7.33. The molecule has 1 saturated heterocycles. The normalized spacial score (nSPS) is 19.9. The molecule has 2 aliphatic heterocycles. The average Bonchev–Trinajstić information content (AvgIpc) is 3.29. The van der Waals surface area contributed by atoms with Crippen LogP contribution in [-0.2, 0) is 19.4 Å². The van der Waals surface area contributed by atoms with Gasteiger partial charge in [-0.2, -0.15) is 4.98 Å². The number of aryl methyl sites for hydroxylation is 2. The molecule has 132 valence electrons. The van der Waals surface area contributed by atoms with Crippen LogP contribution in [-0.4, -0.2) is 38.6 Å². The number of aromatic nitrogens is 3. The lowest BCUT2D eigenvalue weighted by Crippen LogP contribution is -2.40. The second-order valence-corrected chi connectivity index (χ2v) is 6.81. The van der Waals surface area contributed by atoms with Crippen LogP contribution in [0, 0.1) is 0 Å². The molecule has 0 N–H and O–H groups in total. The first-order valence-corrected chi connectivity index (χ1v) is 9.01. The fraction of sp³-hybridized carbons (Fsp3) is 0.556. The van der Waals surface area contributed by atoms with E-state index in [9.17, 15) is 9.59 Å². The highest BCUT2D eigenvalue weighted by atomic mass is 16.5. The number of nitrogens with zero attached hydrogens (tertiary/aromatic N) is 4. The van der Waals surface area contributed by atoms with Gasteiger partial charge in [0.1, 0.15) is 11.6 Å². The Morgan fingerprint density at radius 1 is 1.32 bits per heavy atom. The Hall–Kier alpha value is -2.44. The number of hydrogen-bond acceptors (Lipinski definition) is 5. The predicted octanol–water partition coefficient (Wildman–Crippen LogP) is 1.76. The highest BCUT2D eigenvalue weighted by molar-refractivity contribution is 5.92. The molecule has 2 aromatic heterocycles. The van der Waals surface area contributed by atoms with Crippen molar-refractivity contribution in [2.45, 2.75) is 51.5 Å². The van der Waals surface area contributed by atoms with Crippen molar-refractivity contribution < 1.29 is 9.32 Å². The molecule has 0 radical (unpaired) electrons. The molecule has 2 aliphatic rings. The van der Waals surface area contributed by atoms with Gasteiger partial charge in [-0.15, -0.1) is 0 Å². The third kappa shape index (κ3) is 2.99. The molecular formula is C18H22N4O3. The van der Waals surface area contributed by atoms with E-state index in [-0.39, 0.29) is 17.4 Å². The van der Waals surface area contributed by atoms with Crippen LogP contribution >= 0.6 is 0 Å². The summed E-state index contributed by atoms with van der Waals surface area (Å²) in [5.74, 6) is 1.68. The Morgan fingerprint density at radius 3 is 3.00 bits per heavy atom. The van der Waals surface area contributed by atoms with Crippen molar-refractivity contribution in [1.29, 1.82) is 0 Å². The maximum absolute atomic E-state index is 12.7. The molecule has 7 nitrogen and oxygen atoms in total. The van der Waals surface area contributed by atoms with E-state index < -0.39 is 0 Å². The van der Waals surface area contributed by atoms with E-state index in [1.165, 1.54) is 0 Å². The van der Waals surface area contributed by atoms with Gasteiger partial charge in [0.05, 0.1) is 0 Å². The quantitative estimate of drug-likeness (QED) is 0.849. The minimum atomic E-state index is -0.171. The Bertz CT molecular complexity index is 854. The van der Waals surface area contributed by atoms with Crippen LogP contribution in [0.3, 0.4) is 0 Å². The molecule has 2 aromatic rings. The smallest absolute Gasteiger partial charge is 0.276 e. The van der Waals surface area contributed by atoms with E-state index >= 15 is 0 Å². The zero-order chi connectivity index (χ0) is 17.4. The zero-order valence-corrected chi connectivity index (χ0v) is 14.4. The fourth-order valence-corrected chi connectivity index (χ4v) is 3.90. The predicted molar refractivity (Wildman–Crippen MR) is 90.6 cm³/mol. The van der Waals surface area contributed by atoms with Gasteiger partial charge in [0.15, 0.2) is 5.69 Å². The van der Waals surface area contributed by atoms with Crippen LogP contribution in [0.4, 0.5) is 0 Å². The molecule has 0 aromatic carbocycles. The SMILES string of the molecule is CCc1cc(C(=O)N2CCCC(c3cc(=O)nc4n3CCC4)C2)no1. The van der Waals surface area contributed by atoms with Gasteiger partial charge in [-0.3, -0.25) is 9.59 Å². The number of piperidine rings is 1. The monoisotopic (exact) mass is 342 g/mol. The highest BCUT2D eigenvalue weighted by Gasteiger charge is 2.30. The van der Waals surface area contributed by atoms with Crippen LogP contribution < -0.4 is 5.56 Å². The van der Waals surface area contributed by atoms with Crippen molar-refractivity contribution in [1.82, 2.24) is 19.6 Å². The Labute approximate surface area is 145 Å². The van der Waals surface area contributed by atoms with Crippen molar-refractivity contribution >= 4 is 5.91 Å². The van der Waals surface area contributed by atoms with Gasteiger partial charge in [0.2, 0.25) is 0 Å². The van der Waals surface area contributed by atoms with E-state index in [1.54, 1.807) is 12.1 Å². The number of amides is 1. The maximum atomic E-state index is 12.7. The minimum Gasteiger partial charge on any atom is -0.361 e. The van der Waals surface area contributed by atoms with Gasteiger partial charge >= 0.3 is 0 Å². The van der Waals surface area contributed by atoms with Crippen molar-refractivity contribution in [3.8, 4) is 0 Å². The third-order valence-corrected chi connectivity index (χ3v) is 5.17. The van der Waals surface area contributed by atoms with Gasteiger partial charge in [-0.05, 0) is 19.3 Å². The molecule has 0 aliphatic carbocycles. The molecule has 1 amide bonds. The largest absolute Gasteiger partial charge is 0.361 e. The van der Waals surface area contributed by atoms with E-state index in [0.717, 1.165) is 55.9 Å². The molecule has 0 saturated carbocycles. The Balaban J connectivity index is 1.57. The summed E-state index contributed by atoms with van der Waals surface area (Å²) in [6, 6.07) is 3.37. The summed E-state index contributed by atoms with van der Waals surface area (Å²) in [4.78, 5) is 30.6. The molecule has 1 atom stereocenters. The highest BCUT2D eigenvalue weighted by Crippen LogP contribution is 2.29. The number of fused-ring (bicyclic) bond motifs is 1. The summed E-state index contributed by atoms with van der Waals surface area (Å²) in [6.45, 7) is 4.20. The van der Waals surface area contributed by atoms with Crippen LogP contribution in [0.5, 0.6) is 0 Å². The zero-order valence-electron chi connectivity index (χ0n) is 14.4. The summed E-state index contributed by atoms with van der Waals surface area (Å²) in [7, 11) is 0. The van der Waals surface area contributed by atoms with E-state index in [0.29, 0.717) is 18.8 Å². The first-order chi connectivity index (χ1) is 12.2. The van der Waals surface area contributed by atoms with Crippen LogP contribution in [0.2, 0.25) is 0 Å². The summed E-state index contributed by atoms with van der Waals surface area (Å²) >= 11 is 0. The maximum Gasteiger partial charge on any atom is 0.276 e. The summed E-state index contributed by atoms with van der Waals surface area (Å²) in [5, 5.41) is 3.90. The van der Waals surface area contributed by atoms with Crippen LogP contribution in [0.15, 0.2) is 21.5 Å². The first kappa shape index (κ1) is 16.1. The number of hydrogen-bond donors (Lipinski definition) is 0. The second kappa shape index (κ2) is 6.46. The van der Waals surface area contributed by atoms with Gasteiger partial charge in [-0.1, -0.05) is 12.1 Å². The second-order valence-electron chi connectivity index (χ2n) is 6.81. The van der Waals surface area contributed by atoms with Crippen molar-refractivity contribution in [2.24, 2.45) is 0 Å². The topological polar surface area (TPSA) is 81.2 Å². The van der Waals surface area contributed by atoms with Crippen molar-refractivity contribution in [3.05, 3.63) is 45.5 Å². The minimum absolute atomic E-state index is 0.0915. The molecule has 0 bridgehead atoms. The van der Waals surface area contributed by atoms with Gasteiger partial charge in [0.25, 0.3) is 11.5 Å². The fourth-order valence-electron chi connectivity index (χ4n) is 3.90. The third-order valence-electron chi connectivity index (χ3n) is 5.17. The first-order valence-electron chi connectivity index (χ1n) is 9.01. The number of rotatable bonds is 3. The van der Waals surface area contributed by atoms with Gasteiger partial charge in [0, 0.05) is 56.2 Å². The standard InChI is InChI=1S/C18H22N4O3/c1-2-13-9-14(20-25-13)18(24)21-7-3-5-12(11-21)15-10-17(23)19-16-6-4-8-22(15)16/h9-10,12H,2-8,11H2,1H3. The lowest BCUT2D eigenvalue weighted by atomic mass is 9.94. The van der Waals surface area contributed by atoms with Gasteiger partial charge in [-0.25, -0.2) is 0 Å². The van der Waals surface area contributed by atoms with E-state index in [2.05, 4.69) is 14.7 Å². The van der Waals surface area contributed by atoms with Gasteiger partial charge < -0.3 is 14.0 Å². The Morgan fingerprint density at radius 2 is 2.20 bits per heavy atom. The van der Waals surface area contributed by atoms with Crippen molar-refractivity contribution in [3.63, 3.8) is 0 Å². The Kier molecular flexibility index (Phi) is 4.15. The van der Waals surface area contributed by atoms with E-state index in [1.807, 2.05) is 11.8 Å². The lowest BCUT2D eigenvalue weighted by molar-refractivity contribution is 0.0694. The molecule has 4 heterocycles. The molecule has 25 heavy (non-hydrogen) atoms. The van der Waals surface area contributed by atoms with E-state index in [4.69, 9.17) is 4.52 Å². The van der Waals surface area contributed by atoms with Crippen molar-refractivity contribution in [2.75, 3.05) is 13.1 Å². The molecule has 7 heteroatoms. The summed E-state index contributed by atoms with van der Waals surface area (Å²) in [6.07, 6.45) is 4.50. The number of carbonyl (C=O) groups excluding carboxylic acids is 1. The molecule has 1 unspecified atom stereocenters. The van der Waals surface area contributed by atoms with Crippen LogP contribution in [0.1, 0.15) is 59.9 Å². The summed E-state index contributed by atoms with van der Waals surface area (Å²) in [5.41, 5.74) is 1.23. The number of carbonyl (C=O) groups is 1. The molecule has 4 rings (SSSR count). The lowest BCUT2D eigenvalue weighted by Gasteiger charge is -2.33. The molecular weight excluding hydrogens is 320 g/mol. The number of likely N-dealkylation sites (tertiary alicyclic amines) is 1. The molecule has 1 fully saturated rings.